The fourth-order valence-corrected chi connectivity index (χ4v) is 5.06. The second kappa shape index (κ2) is 6.90. The van der Waals surface area contributed by atoms with Crippen molar-refractivity contribution < 1.29 is 9.53 Å². The van der Waals surface area contributed by atoms with Crippen molar-refractivity contribution in [3.05, 3.63) is 28.6 Å². The van der Waals surface area contributed by atoms with Gasteiger partial charge in [-0.05, 0) is 61.8 Å². The highest BCUT2D eigenvalue weighted by atomic mass is 35.5. The number of ether oxygens (including phenoxy) is 1. The molecule has 6 heteroatoms. The summed E-state index contributed by atoms with van der Waals surface area (Å²) in [5.41, 5.74) is 1.05. The molecule has 4 rings (SSSR count). The van der Waals surface area contributed by atoms with Gasteiger partial charge in [-0.25, -0.2) is 0 Å². The number of piperidine rings is 1. The lowest BCUT2D eigenvalue weighted by Crippen LogP contribution is -2.47. The Labute approximate surface area is 152 Å². The van der Waals surface area contributed by atoms with Gasteiger partial charge in [-0.15, -0.1) is 23.7 Å². The summed E-state index contributed by atoms with van der Waals surface area (Å²) in [6, 6.07) is 7.49. The SMILES string of the molecule is COc1ccc2sc(C(=O)NC3CC4CCC(C3)N4)c(C)c2c1.Cl. The number of thiophene rings is 1. The number of methoxy groups -OCH3 is 1. The molecule has 2 atom stereocenters. The molecule has 2 N–H and O–H groups in total. The van der Waals surface area contributed by atoms with Crippen molar-refractivity contribution in [3.8, 4) is 5.75 Å². The quantitative estimate of drug-likeness (QED) is 0.871. The van der Waals surface area contributed by atoms with Crippen LogP contribution in [0.25, 0.3) is 10.1 Å². The van der Waals surface area contributed by atoms with Gasteiger partial charge >= 0.3 is 0 Å². The zero-order chi connectivity index (χ0) is 16.0. The first-order valence-electron chi connectivity index (χ1n) is 8.28. The molecule has 1 aromatic carbocycles. The van der Waals surface area contributed by atoms with Gasteiger partial charge in [-0.2, -0.15) is 0 Å². The van der Waals surface area contributed by atoms with Crippen molar-refractivity contribution in [2.24, 2.45) is 0 Å². The third-order valence-corrected chi connectivity index (χ3v) is 6.43. The van der Waals surface area contributed by atoms with Gasteiger partial charge in [0.2, 0.25) is 0 Å². The van der Waals surface area contributed by atoms with Gasteiger partial charge in [0, 0.05) is 22.8 Å². The first kappa shape index (κ1) is 17.5. The normalized spacial score (nSPS) is 25.3. The summed E-state index contributed by atoms with van der Waals surface area (Å²) < 4.78 is 6.43. The molecule has 24 heavy (non-hydrogen) atoms. The topological polar surface area (TPSA) is 50.4 Å². The Hall–Kier alpha value is -1.30. The monoisotopic (exact) mass is 366 g/mol. The Morgan fingerprint density at radius 2 is 2.00 bits per heavy atom. The summed E-state index contributed by atoms with van der Waals surface area (Å²) in [5, 5.41) is 8.00. The Kier molecular flexibility index (Phi) is 5.04. The van der Waals surface area contributed by atoms with E-state index in [9.17, 15) is 4.79 Å². The van der Waals surface area contributed by atoms with Gasteiger partial charge in [-0.1, -0.05) is 0 Å². The Morgan fingerprint density at radius 3 is 2.67 bits per heavy atom. The highest BCUT2D eigenvalue weighted by molar-refractivity contribution is 7.21. The molecule has 2 aromatic rings. The average Bonchev–Trinajstić information content (AvgIpc) is 3.07. The maximum Gasteiger partial charge on any atom is 0.261 e. The minimum Gasteiger partial charge on any atom is -0.497 e. The van der Waals surface area contributed by atoms with Crippen LogP contribution in [0.1, 0.15) is 40.9 Å². The number of amides is 1. The summed E-state index contributed by atoms with van der Waals surface area (Å²) >= 11 is 1.57. The molecular weight excluding hydrogens is 344 g/mol. The molecule has 4 nitrogen and oxygen atoms in total. The molecule has 0 spiro atoms. The van der Waals surface area contributed by atoms with Crippen molar-refractivity contribution in [1.29, 1.82) is 0 Å². The maximum absolute atomic E-state index is 12.7. The summed E-state index contributed by atoms with van der Waals surface area (Å²) in [4.78, 5) is 13.6. The predicted molar refractivity (Wildman–Crippen MR) is 101 cm³/mol. The third kappa shape index (κ3) is 3.13. The molecule has 2 saturated heterocycles. The van der Waals surface area contributed by atoms with Crippen molar-refractivity contribution >= 4 is 39.7 Å². The number of fused-ring (bicyclic) bond motifs is 3. The lowest BCUT2D eigenvalue weighted by atomic mass is 9.99. The Morgan fingerprint density at radius 1 is 1.29 bits per heavy atom. The van der Waals surface area contributed by atoms with E-state index < -0.39 is 0 Å². The van der Waals surface area contributed by atoms with E-state index in [4.69, 9.17) is 4.74 Å². The zero-order valence-electron chi connectivity index (χ0n) is 13.9. The van der Waals surface area contributed by atoms with Gasteiger partial charge in [0.1, 0.15) is 5.75 Å². The lowest BCUT2D eigenvalue weighted by molar-refractivity contribution is 0.0927. The summed E-state index contributed by atoms with van der Waals surface area (Å²) in [7, 11) is 1.67. The molecule has 0 saturated carbocycles. The number of aryl methyl sites for hydroxylation is 1. The fourth-order valence-electron chi connectivity index (χ4n) is 3.97. The van der Waals surface area contributed by atoms with E-state index in [-0.39, 0.29) is 18.3 Å². The highest BCUT2D eigenvalue weighted by Crippen LogP contribution is 2.34. The van der Waals surface area contributed by atoms with Crippen molar-refractivity contribution in [2.45, 2.75) is 50.7 Å². The molecule has 0 aliphatic carbocycles. The number of halogens is 1. The average molecular weight is 367 g/mol. The van der Waals surface area contributed by atoms with E-state index in [2.05, 4.69) is 10.6 Å². The minimum atomic E-state index is 0. The van der Waals surface area contributed by atoms with E-state index in [0.717, 1.165) is 39.1 Å². The van der Waals surface area contributed by atoms with E-state index in [1.807, 2.05) is 25.1 Å². The first-order chi connectivity index (χ1) is 11.1. The van der Waals surface area contributed by atoms with Crippen LogP contribution in [-0.2, 0) is 0 Å². The summed E-state index contributed by atoms with van der Waals surface area (Å²) in [6.45, 7) is 2.03. The molecule has 2 fully saturated rings. The summed E-state index contributed by atoms with van der Waals surface area (Å²) in [5.74, 6) is 0.911. The van der Waals surface area contributed by atoms with Crippen LogP contribution in [0.3, 0.4) is 0 Å². The maximum atomic E-state index is 12.7. The number of carbonyl (C=O) groups is 1. The Bertz CT molecular complexity index is 749. The van der Waals surface area contributed by atoms with E-state index in [1.54, 1.807) is 18.4 Å². The van der Waals surface area contributed by atoms with Crippen LogP contribution < -0.4 is 15.4 Å². The molecule has 130 valence electrons. The van der Waals surface area contributed by atoms with Gasteiger partial charge in [-0.3, -0.25) is 4.79 Å². The number of nitrogens with one attached hydrogen (secondary N) is 2. The molecule has 2 aliphatic rings. The number of hydrogen-bond donors (Lipinski definition) is 2. The number of benzene rings is 1. The molecule has 2 aliphatic heterocycles. The molecule has 3 heterocycles. The molecule has 1 amide bonds. The van der Waals surface area contributed by atoms with Crippen molar-refractivity contribution in [2.75, 3.05) is 7.11 Å². The summed E-state index contributed by atoms with van der Waals surface area (Å²) in [6.07, 6.45) is 4.61. The van der Waals surface area contributed by atoms with Crippen LogP contribution in [-0.4, -0.2) is 31.1 Å². The van der Waals surface area contributed by atoms with E-state index in [1.165, 1.54) is 12.8 Å². The molecule has 2 bridgehead atoms. The largest absolute Gasteiger partial charge is 0.497 e. The van der Waals surface area contributed by atoms with Gasteiger partial charge in [0.15, 0.2) is 0 Å². The highest BCUT2D eigenvalue weighted by Gasteiger charge is 2.34. The van der Waals surface area contributed by atoms with E-state index in [0.29, 0.717) is 18.1 Å². The van der Waals surface area contributed by atoms with Crippen LogP contribution >= 0.6 is 23.7 Å². The first-order valence-corrected chi connectivity index (χ1v) is 9.09. The van der Waals surface area contributed by atoms with Crippen LogP contribution in [0, 0.1) is 6.92 Å². The van der Waals surface area contributed by atoms with E-state index >= 15 is 0 Å². The minimum absolute atomic E-state index is 0. The lowest BCUT2D eigenvalue weighted by Gasteiger charge is -2.29. The van der Waals surface area contributed by atoms with Crippen LogP contribution in [0.15, 0.2) is 18.2 Å². The van der Waals surface area contributed by atoms with Crippen LogP contribution in [0.4, 0.5) is 0 Å². The van der Waals surface area contributed by atoms with Crippen molar-refractivity contribution in [1.82, 2.24) is 10.6 Å². The molecule has 1 aromatic heterocycles. The standard InChI is InChI=1S/C18H22N2O2S.ClH/c1-10-15-9-14(22-2)5-6-16(15)23-17(10)18(21)20-13-7-11-3-4-12(8-13)19-11;/h5-6,9,11-13,19H,3-4,7-8H2,1-2H3,(H,20,21);1H. The number of hydrogen-bond acceptors (Lipinski definition) is 4. The smallest absolute Gasteiger partial charge is 0.261 e. The second-order valence-corrected chi connectivity index (χ2v) is 7.75. The number of carbonyl (C=O) groups excluding carboxylic acids is 1. The van der Waals surface area contributed by atoms with Crippen LogP contribution in [0.2, 0.25) is 0 Å². The second-order valence-electron chi connectivity index (χ2n) is 6.70. The molecule has 0 radical (unpaired) electrons. The molecular formula is C18H23ClN2O2S. The fraction of sp³-hybridized carbons (Fsp3) is 0.500. The zero-order valence-corrected chi connectivity index (χ0v) is 15.6. The third-order valence-electron chi connectivity index (χ3n) is 5.16. The van der Waals surface area contributed by atoms with Gasteiger partial charge < -0.3 is 15.4 Å². The Balaban J connectivity index is 0.00000169. The predicted octanol–water partition coefficient (Wildman–Crippen LogP) is 3.65. The van der Waals surface area contributed by atoms with Crippen LogP contribution in [0.5, 0.6) is 5.75 Å². The van der Waals surface area contributed by atoms with Gasteiger partial charge in [0.25, 0.3) is 5.91 Å². The van der Waals surface area contributed by atoms with Gasteiger partial charge in [0.05, 0.1) is 12.0 Å². The van der Waals surface area contributed by atoms with Crippen molar-refractivity contribution in [3.63, 3.8) is 0 Å². The molecule has 2 unspecified atom stereocenters. The number of rotatable bonds is 3.